The molecule has 29 heavy (non-hydrogen) atoms. The van der Waals surface area contributed by atoms with Gasteiger partial charge in [0.25, 0.3) is 11.8 Å². The number of nitrogens with zero attached hydrogens (tertiary/aromatic N) is 2. The molecule has 154 valence electrons. The Kier molecular flexibility index (Phi) is 5.95. The summed E-state index contributed by atoms with van der Waals surface area (Å²) in [6.07, 6.45) is 2.91. The van der Waals surface area contributed by atoms with Crippen molar-refractivity contribution in [1.82, 2.24) is 14.8 Å². The third-order valence-electron chi connectivity index (χ3n) is 4.85. The number of aromatic hydroxyl groups is 1. The first kappa shape index (κ1) is 20.5. The number of carbonyl (C=O) groups is 2. The van der Waals surface area contributed by atoms with E-state index < -0.39 is 34.6 Å². The minimum absolute atomic E-state index is 0.0811. The van der Waals surface area contributed by atoms with Gasteiger partial charge in [0.05, 0.1) is 0 Å². The van der Waals surface area contributed by atoms with Crippen LogP contribution in [-0.4, -0.2) is 39.5 Å². The molecule has 0 unspecified atom stereocenters. The van der Waals surface area contributed by atoms with Crippen LogP contribution in [0.15, 0.2) is 29.2 Å². The largest absolute Gasteiger partial charge is 0.503 e. The van der Waals surface area contributed by atoms with E-state index in [1.807, 2.05) is 6.92 Å². The van der Waals surface area contributed by atoms with Crippen LogP contribution in [0.4, 0.5) is 8.78 Å². The van der Waals surface area contributed by atoms with Crippen molar-refractivity contribution in [2.45, 2.75) is 32.9 Å². The number of aromatic nitrogens is 1. The number of hydrogen-bond acceptors (Lipinski definition) is 4. The average Bonchev–Trinajstić information content (AvgIpc) is 2.70. The van der Waals surface area contributed by atoms with Crippen LogP contribution in [0, 0.1) is 11.6 Å². The van der Waals surface area contributed by atoms with Crippen molar-refractivity contribution in [1.29, 1.82) is 0 Å². The van der Waals surface area contributed by atoms with Gasteiger partial charge in [0.2, 0.25) is 5.43 Å². The topological polar surface area (TPSA) is 91.6 Å². The maximum Gasteiger partial charge on any atom is 0.274 e. The van der Waals surface area contributed by atoms with Gasteiger partial charge in [-0.05, 0) is 12.5 Å². The highest BCUT2D eigenvalue weighted by Crippen LogP contribution is 2.21. The summed E-state index contributed by atoms with van der Waals surface area (Å²) in [5.41, 5.74) is -1.59. The molecule has 1 aliphatic rings. The lowest BCUT2D eigenvalue weighted by Crippen LogP contribution is -2.43. The molecule has 1 aliphatic heterocycles. The van der Waals surface area contributed by atoms with Gasteiger partial charge in [-0.15, -0.1) is 0 Å². The highest BCUT2D eigenvalue weighted by Gasteiger charge is 2.30. The number of fused-ring (bicyclic) bond motifs is 1. The van der Waals surface area contributed by atoms with E-state index in [-0.39, 0.29) is 23.4 Å². The number of benzene rings is 1. The fraction of sp³-hybridized carbons (Fsp3) is 0.350. The van der Waals surface area contributed by atoms with Gasteiger partial charge >= 0.3 is 0 Å². The smallest absolute Gasteiger partial charge is 0.274 e. The standard InChI is InChI=1S/C20H21F2N3O4/c1-2-3-7-24-8-9-25-11-13(17(26)18(27)16(25)20(24)29)19(28)23-10-12-5-4-6-14(21)15(12)22/h4-6,11,27H,2-3,7-10H2,1H3,(H,23,28). The average molecular weight is 405 g/mol. The maximum absolute atomic E-state index is 13.7. The quantitative estimate of drug-likeness (QED) is 0.769. The Bertz CT molecular complexity index is 1020. The van der Waals surface area contributed by atoms with Gasteiger partial charge in [-0.25, -0.2) is 8.78 Å². The number of halogens is 2. The molecule has 3 rings (SSSR count). The van der Waals surface area contributed by atoms with Crippen LogP contribution in [-0.2, 0) is 13.1 Å². The molecule has 0 fully saturated rings. The summed E-state index contributed by atoms with van der Waals surface area (Å²) >= 11 is 0. The summed E-state index contributed by atoms with van der Waals surface area (Å²) in [6, 6.07) is 3.56. The van der Waals surface area contributed by atoms with Gasteiger partial charge in [0, 0.05) is 37.9 Å². The molecule has 2 aromatic rings. The van der Waals surface area contributed by atoms with Gasteiger partial charge in [0.1, 0.15) is 5.56 Å². The van der Waals surface area contributed by atoms with E-state index in [1.165, 1.54) is 22.9 Å². The first-order valence-electron chi connectivity index (χ1n) is 9.31. The minimum atomic E-state index is -1.09. The molecular weight excluding hydrogens is 384 g/mol. The summed E-state index contributed by atoms with van der Waals surface area (Å²) in [7, 11) is 0. The van der Waals surface area contributed by atoms with Gasteiger partial charge in [-0.1, -0.05) is 25.5 Å². The van der Waals surface area contributed by atoms with E-state index in [2.05, 4.69) is 5.32 Å². The Morgan fingerprint density at radius 1 is 1.24 bits per heavy atom. The Morgan fingerprint density at radius 2 is 2.00 bits per heavy atom. The molecule has 0 bridgehead atoms. The first-order valence-corrected chi connectivity index (χ1v) is 9.31. The normalized spacial score (nSPS) is 13.3. The third-order valence-corrected chi connectivity index (χ3v) is 4.85. The van der Waals surface area contributed by atoms with E-state index in [0.717, 1.165) is 18.9 Å². The lowest BCUT2D eigenvalue weighted by Gasteiger charge is -2.30. The minimum Gasteiger partial charge on any atom is -0.503 e. The van der Waals surface area contributed by atoms with E-state index in [4.69, 9.17) is 0 Å². The Balaban J connectivity index is 1.84. The number of carbonyl (C=O) groups excluding carboxylic acids is 2. The second-order valence-electron chi connectivity index (χ2n) is 6.80. The zero-order valence-corrected chi connectivity index (χ0v) is 15.9. The van der Waals surface area contributed by atoms with Crippen molar-refractivity contribution >= 4 is 11.8 Å². The number of amides is 2. The zero-order chi connectivity index (χ0) is 21.1. The van der Waals surface area contributed by atoms with Crippen molar-refractivity contribution < 1.29 is 23.5 Å². The molecule has 0 radical (unpaired) electrons. The predicted molar refractivity (Wildman–Crippen MR) is 101 cm³/mol. The van der Waals surface area contributed by atoms with Crippen LogP contribution in [0.2, 0.25) is 0 Å². The molecule has 1 aromatic carbocycles. The van der Waals surface area contributed by atoms with Crippen LogP contribution in [0.25, 0.3) is 0 Å². The fourth-order valence-electron chi connectivity index (χ4n) is 3.21. The predicted octanol–water partition coefficient (Wildman–Crippen LogP) is 2.02. The lowest BCUT2D eigenvalue weighted by atomic mass is 10.1. The number of hydrogen-bond donors (Lipinski definition) is 2. The molecule has 2 heterocycles. The van der Waals surface area contributed by atoms with Crippen LogP contribution in [0.3, 0.4) is 0 Å². The number of unbranched alkanes of at least 4 members (excludes halogenated alkanes) is 1. The van der Waals surface area contributed by atoms with Crippen molar-refractivity contribution in [3.05, 3.63) is 63.1 Å². The Labute approximate surface area is 165 Å². The molecular formula is C20H21F2N3O4. The summed E-state index contributed by atoms with van der Waals surface area (Å²) in [5, 5.41) is 12.6. The molecule has 2 amide bonds. The summed E-state index contributed by atoms with van der Waals surface area (Å²) in [5.74, 6) is -4.25. The Morgan fingerprint density at radius 3 is 2.72 bits per heavy atom. The molecule has 7 nitrogen and oxygen atoms in total. The molecule has 0 aliphatic carbocycles. The van der Waals surface area contributed by atoms with Crippen molar-refractivity contribution in [3.63, 3.8) is 0 Å². The number of nitrogens with one attached hydrogen (secondary N) is 1. The second kappa shape index (κ2) is 8.42. The van der Waals surface area contributed by atoms with Crippen LogP contribution >= 0.6 is 0 Å². The van der Waals surface area contributed by atoms with E-state index in [0.29, 0.717) is 19.6 Å². The highest BCUT2D eigenvalue weighted by molar-refractivity contribution is 5.99. The summed E-state index contributed by atoms with van der Waals surface area (Å²) < 4.78 is 28.4. The van der Waals surface area contributed by atoms with Crippen molar-refractivity contribution in [2.75, 3.05) is 13.1 Å². The zero-order valence-electron chi connectivity index (χ0n) is 15.9. The fourth-order valence-corrected chi connectivity index (χ4v) is 3.21. The Hall–Kier alpha value is -3.23. The van der Waals surface area contributed by atoms with E-state index in [9.17, 15) is 28.3 Å². The van der Waals surface area contributed by atoms with Crippen LogP contribution in [0.1, 0.15) is 46.2 Å². The molecule has 0 saturated heterocycles. The number of pyridine rings is 1. The van der Waals surface area contributed by atoms with E-state index >= 15 is 0 Å². The molecule has 0 spiro atoms. The monoisotopic (exact) mass is 405 g/mol. The summed E-state index contributed by atoms with van der Waals surface area (Å²) in [4.78, 5) is 39.0. The van der Waals surface area contributed by atoms with Crippen LogP contribution < -0.4 is 10.7 Å². The molecule has 0 saturated carbocycles. The van der Waals surface area contributed by atoms with Gasteiger partial charge in [-0.3, -0.25) is 14.4 Å². The first-order chi connectivity index (χ1) is 13.8. The highest BCUT2D eigenvalue weighted by atomic mass is 19.2. The lowest BCUT2D eigenvalue weighted by molar-refractivity contribution is 0.0693. The molecule has 9 heteroatoms. The molecule has 0 atom stereocenters. The van der Waals surface area contributed by atoms with E-state index in [1.54, 1.807) is 4.90 Å². The second-order valence-corrected chi connectivity index (χ2v) is 6.80. The molecule has 2 N–H and O–H groups in total. The SMILES string of the molecule is CCCCN1CCn2cc(C(=O)NCc3cccc(F)c3F)c(=O)c(O)c2C1=O. The third kappa shape index (κ3) is 3.98. The summed E-state index contributed by atoms with van der Waals surface area (Å²) in [6.45, 7) is 2.88. The number of rotatable bonds is 6. The van der Waals surface area contributed by atoms with Gasteiger partial charge < -0.3 is 19.9 Å². The van der Waals surface area contributed by atoms with Crippen molar-refractivity contribution in [3.8, 4) is 5.75 Å². The van der Waals surface area contributed by atoms with Gasteiger partial charge in [-0.2, -0.15) is 0 Å². The maximum atomic E-state index is 13.7. The molecule has 1 aromatic heterocycles. The van der Waals surface area contributed by atoms with Crippen LogP contribution in [0.5, 0.6) is 5.75 Å². The van der Waals surface area contributed by atoms with Crippen molar-refractivity contribution in [2.24, 2.45) is 0 Å². The van der Waals surface area contributed by atoms with Gasteiger partial charge in [0.15, 0.2) is 23.1 Å².